The lowest BCUT2D eigenvalue weighted by Gasteiger charge is -2.20. The number of aryl methyl sites for hydroxylation is 1. The van der Waals surface area contributed by atoms with Crippen LogP contribution in [0.2, 0.25) is 5.02 Å². The van der Waals surface area contributed by atoms with Crippen LogP contribution in [0, 0.1) is 5.82 Å². The first kappa shape index (κ1) is 21.3. The van der Waals surface area contributed by atoms with E-state index in [0.717, 1.165) is 0 Å². The maximum Gasteiger partial charge on any atom is 0.409 e. The fourth-order valence-corrected chi connectivity index (χ4v) is 3.46. The molecule has 154 valence electrons. The van der Waals surface area contributed by atoms with Crippen molar-refractivity contribution in [3.63, 3.8) is 0 Å². The van der Waals surface area contributed by atoms with Crippen molar-refractivity contribution in [2.75, 3.05) is 5.32 Å². The number of hydrogen-bond donors (Lipinski definition) is 2. The number of pyridine rings is 1. The Balaban J connectivity index is 2.01. The smallest absolute Gasteiger partial charge is 0.409 e. The van der Waals surface area contributed by atoms with Crippen LogP contribution in [0.3, 0.4) is 0 Å². The number of amides is 1. The number of carboxylic acid groups (broad SMARTS) is 1. The van der Waals surface area contributed by atoms with Crippen molar-refractivity contribution in [2.24, 2.45) is 7.05 Å². The summed E-state index contributed by atoms with van der Waals surface area (Å²) in [7, 11) is 1.55. The number of carbonyl (C=O) groups is 2. The highest BCUT2D eigenvalue weighted by atomic mass is 35.5. The molecule has 1 amide bonds. The van der Waals surface area contributed by atoms with Crippen molar-refractivity contribution < 1.29 is 19.1 Å². The van der Waals surface area contributed by atoms with Gasteiger partial charge in [-0.1, -0.05) is 35.9 Å². The highest BCUT2D eigenvalue weighted by Gasteiger charge is 2.23. The molecule has 3 aromatic rings. The Bertz CT molecular complexity index is 1180. The van der Waals surface area contributed by atoms with Crippen LogP contribution in [0.4, 0.5) is 14.9 Å². The third kappa shape index (κ3) is 4.75. The monoisotopic (exact) mass is 428 g/mol. The van der Waals surface area contributed by atoms with Gasteiger partial charge in [-0.3, -0.25) is 14.9 Å². The van der Waals surface area contributed by atoms with E-state index in [4.69, 9.17) is 16.7 Å². The van der Waals surface area contributed by atoms with Gasteiger partial charge in [0.25, 0.3) is 0 Å². The van der Waals surface area contributed by atoms with Crippen molar-refractivity contribution >= 4 is 29.2 Å². The number of nitrogens with zero attached hydrogens (tertiary/aromatic N) is 1. The topological polar surface area (TPSA) is 88.4 Å². The summed E-state index contributed by atoms with van der Waals surface area (Å²) < 4.78 is 15.8. The predicted octanol–water partition coefficient (Wildman–Crippen LogP) is 4.67. The zero-order chi connectivity index (χ0) is 21.8. The molecule has 0 aliphatic heterocycles. The summed E-state index contributed by atoms with van der Waals surface area (Å²) in [5.41, 5.74) is 1.02. The standard InChI is InChI=1S/C22H18ClFN2O4/c1-26-12-14(7-9-21(26)28)20(27)11-16(15-4-2-3-5-17(15)23)13-6-8-19(18(24)10-13)25-22(29)30/h2-10,12,16,25H,11H2,1H3,(H,29,30). The highest BCUT2D eigenvalue weighted by molar-refractivity contribution is 6.31. The molecule has 0 aliphatic rings. The first-order valence-corrected chi connectivity index (χ1v) is 9.37. The van der Waals surface area contributed by atoms with Crippen LogP contribution < -0.4 is 10.9 Å². The summed E-state index contributed by atoms with van der Waals surface area (Å²) in [6.45, 7) is 0. The molecule has 0 fully saturated rings. The van der Waals surface area contributed by atoms with E-state index in [1.54, 1.807) is 37.4 Å². The average Bonchev–Trinajstić information content (AvgIpc) is 2.70. The molecule has 1 heterocycles. The quantitative estimate of drug-likeness (QED) is 0.558. The molecular formula is C22H18ClFN2O4. The van der Waals surface area contributed by atoms with E-state index in [2.05, 4.69) is 0 Å². The van der Waals surface area contributed by atoms with Crippen molar-refractivity contribution in [2.45, 2.75) is 12.3 Å². The molecule has 1 aromatic heterocycles. The Hall–Kier alpha value is -3.45. The molecule has 3 rings (SSSR count). The summed E-state index contributed by atoms with van der Waals surface area (Å²) in [6.07, 6.45) is 0.0520. The van der Waals surface area contributed by atoms with Crippen LogP contribution in [0.25, 0.3) is 0 Å². The number of carbonyl (C=O) groups excluding carboxylic acids is 1. The third-order valence-electron chi connectivity index (χ3n) is 4.72. The molecule has 0 radical (unpaired) electrons. The first-order chi connectivity index (χ1) is 14.3. The number of ketones is 1. The summed E-state index contributed by atoms with van der Waals surface area (Å²) in [6, 6.07) is 13.8. The largest absolute Gasteiger partial charge is 0.465 e. The Morgan fingerprint density at radius 2 is 1.90 bits per heavy atom. The van der Waals surface area contributed by atoms with E-state index in [1.807, 2.05) is 5.32 Å². The predicted molar refractivity (Wildman–Crippen MR) is 112 cm³/mol. The van der Waals surface area contributed by atoms with Gasteiger partial charge in [-0.2, -0.15) is 0 Å². The maximum absolute atomic E-state index is 14.5. The van der Waals surface area contributed by atoms with E-state index in [9.17, 15) is 18.8 Å². The Labute approximate surface area is 176 Å². The lowest BCUT2D eigenvalue weighted by molar-refractivity contribution is 0.0976. The fourth-order valence-electron chi connectivity index (χ4n) is 3.19. The Morgan fingerprint density at radius 3 is 2.53 bits per heavy atom. The van der Waals surface area contributed by atoms with Gasteiger partial charge in [0.1, 0.15) is 5.82 Å². The molecule has 0 saturated carbocycles. The second kappa shape index (κ2) is 8.92. The minimum absolute atomic E-state index is 0.0208. The van der Waals surface area contributed by atoms with Gasteiger partial charge in [0, 0.05) is 42.2 Å². The molecule has 0 bridgehead atoms. The number of halogens is 2. The van der Waals surface area contributed by atoms with Crippen LogP contribution in [-0.4, -0.2) is 21.6 Å². The van der Waals surface area contributed by atoms with Gasteiger partial charge in [-0.15, -0.1) is 0 Å². The van der Waals surface area contributed by atoms with Crippen LogP contribution in [0.15, 0.2) is 65.6 Å². The molecule has 8 heteroatoms. The number of Topliss-reactive ketones (excluding diaryl/α,β-unsaturated/α-hetero) is 1. The summed E-state index contributed by atoms with van der Waals surface area (Å²) in [5.74, 6) is -1.58. The fraction of sp³-hybridized carbons (Fsp3) is 0.136. The molecule has 0 saturated heterocycles. The van der Waals surface area contributed by atoms with Crippen LogP contribution >= 0.6 is 11.6 Å². The summed E-state index contributed by atoms with van der Waals surface area (Å²) in [5, 5.41) is 11.2. The average molecular weight is 429 g/mol. The maximum atomic E-state index is 14.5. The molecule has 2 aromatic carbocycles. The molecule has 30 heavy (non-hydrogen) atoms. The number of nitrogens with one attached hydrogen (secondary N) is 1. The van der Waals surface area contributed by atoms with Gasteiger partial charge >= 0.3 is 6.09 Å². The lowest BCUT2D eigenvalue weighted by Crippen LogP contribution is -2.18. The third-order valence-corrected chi connectivity index (χ3v) is 5.06. The first-order valence-electron chi connectivity index (χ1n) is 9.00. The minimum atomic E-state index is -1.38. The molecule has 1 unspecified atom stereocenters. The zero-order valence-corrected chi connectivity index (χ0v) is 16.7. The van der Waals surface area contributed by atoms with Gasteiger partial charge in [-0.05, 0) is 35.4 Å². The molecule has 0 spiro atoms. The van der Waals surface area contributed by atoms with Crippen molar-refractivity contribution in [3.8, 4) is 0 Å². The number of anilines is 1. The Kier molecular flexibility index (Phi) is 6.32. The van der Waals surface area contributed by atoms with Gasteiger partial charge in [0.2, 0.25) is 5.56 Å². The van der Waals surface area contributed by atoms with Gasteiger partial charge < -0.3 is 9.67 Å². The molecular weight excluding hydrogens is 411 g/mol. The summed E-state index contributed by atoms with van der Waals surface area (Å²) in [4.78, 5) is 35.3. The lowest BCUT2D eigenvalue weighted by atomic mass is 9.85. The number of rotatable bonds is 6. The number of hydrogen-bond acceptors (Lipinski definition) is 3. The van der Waals surface area contributed by atoms with Crippen molar-refractivity contribution in [3.05, 3.63) is 98.7 Å². The molecule has 1 atom stereocenters. The number of benzene rings is 2. The number of aromatic nitrogens is 1. The molecule has 6 nitrogen and oxygen atoms in total. The SMILES string of the molecule is Cn1cc(C(=O)CC(c2ccc(NC(=O)O)c(F)c2)c2ccccc2Cl)ccc1=O. The van der Waals surface area contributed by atoms with Gasteiger partial charge in [0.05, 0.1) is 5.69 Å². The highest BCUT2D eigenvalue weighted by Crippen LogP contribution is 2.35. The van der Waals surface area contributed by atoms with Crippen LogP contribution in [0.5, 0.6) is 0 Å². The van der Waals surface area contributed by atoms with E-state index < -0.39 is 17.8 Å². The van der Waals surface area contributed by atoms with Crippen LogP contribution in [0.1, 0.15) is 33.8 Å². The van der Waals surface area contributed by atoms with Gasteiger partial charge in [0.15, 0.2) is 5.78 Å². The van der Waals surface area contributed by atoms with E-state index in [1.165, 1.54) is 35.0 Å². The summed E-state index contributed by atoms with van der Waals surface area (Å²) >= 11 is 6.34. The minimum Gasteiger partial charge on any atom is -0.465 e. The zero-order valence-electron chi connectivity index (χ0n) is 15.9. The van der Waals surface area contributed by atoms with E-state index in [0.29, 0.717) is 21.7 Å². The second-order valence-corrected chi connectivity index (χ2v) is 7.14. The van der Waals surface area contributed by atoms with E-state index >= 15 is 0 Å². The van der Waals surface area contributed by atoms with Crippen LogP contribution in [-0.2, 0) is 7.05 Å². The Morgan fingerprint density at radius 1 is 1.17 bits per heavy atom. The van der Waals surface area contributed by atoms with E-state index in [-0.39, 0.29) is 23.5 Å². The second-order valence-electron chi connectivity index (χ2n) is 6.74. The van der Waals surface area contributed by atoms with Crippen molar-refractivity contribution in [1.29, 1.82) is 0 Å². The molecule has 2 N–H and O–H groups in total. The normalized spacial score (nSPS) is 11.7. The van der Waals surface area contributed by atoms with Crippen molar-refractivity contribution in [1.82, 2.24) is 4.57 Å². The van der Waals surface area contributed by atoms with Gasteiger partial charge in [-0.25, -0.2) is 9.18 Å². The molecule has 0 aliphatic carbocycles.